The van der Waals surface area contributed by atoms with Crippen LogP contribution in [0.2, 0.25) is 0 Å². The van der Waals surface area contributed by atoms with Crippen molar-refractivity contribution in [1.82, 2.24) is 4.57 Å². The van der Waals surface area contributed by atoms with E-state index in [0.29, 0.717) is 16.3 Å². The van der Waals surface area contributed by atoms with Crippen LogP contribution < -0.4 is 10.3 Å². The van der Waals surface area contributed by atoms with Gasteiger partial charge in [0, 0.05) is 11.8 Å². The van der Waals surface area contributed by atoms with Crippen molar-refractivity contribution in [3.8, 4) is 5.75 Å². The fourth-order valence-corrected chi connectivity index (χ4v) is 2.08. The average Bonchev–Trinajstić information content (AvgIpc) is 2.83. The van der Waals surface area contributed by atoms with Crippen molar-refractivity contribution in [3.05, 3.63) is 39.7 Å². The Morgan fingerprint density at radius 1 is 1.40 bits per heavy atom. The molecule has 0 fully saturated rings. The third-order valence-corrected chi connectivity index (χ3v) is 3.02. The first kappa shape index (κ1) is 12.5. The summed E-state index contributed by atoms with van der Waals surface area (Å²) >= 11 is 0. The van der Waals surface area contributed by atoms with Crippen molar-refractivity contribution in [2.45, 2.75) is 13.2 Å². The number of aromatic nitrogens is 1. The fourth-order valence-electron chi connectivity index (χ4n) is 2.08. The first-order valence-electron chi connectivity index (χ1n) is 5.51. The molecule has 0 spiro atoms. The zero-order chi connectivity index (χ0) is 14.4. The first-order chi connectivity index (χ1) is 9.49. The molecule has 1 aromatic heterocycles. The summed E-state index contributed by atoms with van der Waals surface area (Å²) < 4.78 is 26.5. The molecule has 1 aliphatic rings. The van der Waals surface area contributed by atoms with Crippen LogP contribution in [0, 0.1) is 0 Å². The number of halogens is 2. The maximum Gasteiger partial charge on any atom is 0.341 e. The van der Waals surface area contributed by atoms with E-state index in [1.54, 1.807) is 0 Å². The van der Waals surface area contributed by atoms with Crippen LogP contribution in [0.25, 0.3) is 10.9 Å². The molecule has 0 saturated carbocycles. The molecule has 0 unspecified atom stereocenters. The van der Waals surface area contributed by atoms with E-state index < -0.39 is 23.5 Å². The summed E-state index contributed by atoms with van der Waals surface area (Å²) in [5, 5.41) is 8.75. The molecule has 20 heavy (non-hydrogen) atoms. The van der Waals surface area contributed by atoms with Crippen LogP contribution in [-0.2, 0) is 11.5 Å². The zero-order valence-electron chi connectivity index (χ0n) is 9.80. The van der Waals surface area contributed by atoms with E-state index in [-0.39, 0.29) is 23.3 Å². The molecule has 2 aromatic rings. The molecule has 1 aliphatic heterocycles. The average molecular weight is 283 g/mol. The number of hydrogen-bond acceptors (Lipinski definition) is 4. The van der Waals surface area contributed by atoms with Gasteiger partial charge in [-0.2, -0.15) is 13.7 Å². The minimum Gasteiger partial charge on any atom is -0.477 e. The third-order valence-electron chi connectivity index (χ3n) is 3.02. The number of nitrogens with zero attached hydrogens (tertiary/aromatic N) is 1. The number of carboxylic acids is 1. The van der Waals surface area contributed by atoms with Gasteiger partial charge in [0.05, 0.1) is 10.9 Å². The van der Waals surface area contributed by atoms with Gasteiger partial charge in [0.25, 0.3) is 0 Å². The van der Waals surface area contributed by atoms with Crippen molar-refractivity contribution >= 4 is 16.9 Å². The lowest BCUT2D eigenvalue weighted by atomic mass is 10.1. The Balaban J connectivity index is 2.44. The molecule has 2 heterocycles. The van der Waals surface area contributed by atoms with Crippen molar-refractivity contribution in [2.24, 2.45) is 0 Å². The number of benzene rings is 1. The van der Waals surface area contributed by atoms with Gasteiger partial charge >= 0.3 is 12.5 Å². The summed E-state index contributed by atoms with van der Waals surface area (Å²) in [6.07, 6.45) is 0.640. The second-order valence-electron chi connectivity index (χ2n) is 4.18. The Morgan fingerprint density at radius 2 is 2.15 bits per heavy atom. The number of rotatable bonds is 2. The van der Waals surface area contributed by atoms with E-state index in [4.69, 9.17) is 9.99 Å². The smallest absolute Gasteiger partial charge is 0.341 e. The zero-order valence-corrected chi connectivity index (χ0v) is 9.80. The van der Waals surface area contributed by atoms with Gasteiger partial charge in [-0.05, 0) is 12.1 Å². The van der Waals surface area contributed by atoms with E-state index >= 15 is 0 Å². The molecule has 0 radical (unpaired) electrons. The van der Waals surface area contributed by atoms with Crippen LogP contribution in [0.4, 0.5) is 8.78 Å². The largest absolute Gasteiger partial charge is 0.477 e. The van der Waals surface area contributed by atoms with Gasteiger partial charge in [0.15, 0.2) is 5.75 Å². The summed E-state index contributed by atoms with van der Waals surface area (Å²) in [6, 6.07) is 2.54. The SMILES string of the molecule is O=C(O)c1cn(C(F)F)c2cc3c(cc2c1=O)OOC3. The molecule has 0 aliphatic carbocycles. The molecule has 1 aromatic carbocycles. The summed E-state index contributed by atoms with van der Waals surface area (Å²) in [5.74, 6) is -1.35. The number of carbonyl (C=O) groups is 1. The number of pyridine rings is 1. The predicted octanol–water partition coefficient (Wildman–Crippen LogP) is 1.92. The second kappa shape index (κ2) is 4.27. The Labute approximate surface area is 109 Å². The third kappa shape index (κ3) is 1.73. The Kier molecular flexibility index (Phi) is 2.68. The maximum absolute atomic E-state index is 13.0. The van der Waals surface area contributed by atoms with Crippen molar-refractivity contribution in [1.29, 1.82) is 0 Å². The molecule has 6 nitrogen and oxygen atoms in total. The molecule has 0 atom stereocenters. The van der Waals surface area contributed by atoms with Gasteiger partial charge in [0.1, 0.15) is 12.2 Å². The minimum absolute atomic E-state index is 0.0668. The molecule has 104 valence electrons. The van der Waals surface area contributed by atoms with Crippen molar-refractivity contribution < 1.29 is 28.5 Å². The van der Waals surface area contributed by atoms with Crippen LogP contribution in [-0.4, -0.2) is 15.6 Å². The normalized spacial score (nSPS) is 13.6. The highest BCUT2D eigenvalue weighted by Crippen LogP contribution is 2.31. The van der Waals surface area contributed by atoms with Crippen LogP contribution >= 0.6 is 0 Å². The van der Waals surface area contributed by atoms with Gasteiger partial charge in [-0.1, -0.05) is 0 Å². The molecule has 8 heteroatoms. The lowest BCUT2D eigenvalue weighted by Crippen LogP contribution is -2.19. The van der Waals surface area contributed by atoms with Crippen LogP contribution in [0.15, 0.2) is 23.1 Å². The highest BCUT2D eigenvalue weighted by Gasteiger charge is 2.22. The molecular weight excluding hydrogens is 276 g/mol. The van der Waals surface area contributed by atoms with E-state index in [9.17, 15) is 18.4 Å². The van der Waals surface area contributed by atoms with Crippen molar-refractivity contribution in [2.75, 3.05) is 0 Å². The van der Waals surface area contributed by atoms with Gasteiger partial charge < -0.3 is 9.99 Å². The van der Waals surface area contributed by atoms with E-state index in [2.05, 4.69) is 4.89 Å². The summed E-state index contributed by atoms with van der Waals surface area (Å²) in [7, 11) is 0. The standard InChI is InChI=1S/C12H7F2NO5/c13-12(14)15-3-7(11(17)18)10(16)6-2-9-5(1-8(6)15)4-19-20-9/h1-3,12H,4H2,(H,17,18). The summed E-state index contributed by atoms with van der Waals surface area (Å²) in [4.78, 5) is 32.4. The van der Waals surface area contributed by atoms with E-state index in [1.165, 1.54) is 12.1 Å². The van der Waals surface area contributed by atoms with Gasteiger partial charge in [-0.15, -0.1) is 0 Å². The van der Waals surface area contributed by atoms with Crippen LogP contribution in [0.3, 0.4) is 0 Å². The Bertz CT molecular complexity index is 783. The van der Waals surface area contributed by atoms with Gasteiger partial charge in [0.2, 0.25) is 5.43 Å². The lowest BCUT2D eigenvalue weighted by Gasteiger charge is -2.11. The number of hydrogen-bond donors (Lipinski definition) is 1. The maximum atomic E-state index is 13.0. The van der Waals surface area contributed by atoms with E-state index in [1.807, 2.05) is 0 Å². The van der Waals surface area contributed by atoms with Crippen LogP contribution in [0.1, 0.15) is 22.5 Å². The second-order valence-corrected chi connectivity index (χ2v) is 4.18. The molecule has 0 saturated heterocycles. The molecular formula is C12H7F2NO5. The monoisotopic (exact) mass is 283 g/mol. The Morgan fingerprint density at radius 3 is 2.80 bits per heavy atom. The minimum atomic E-state index is -2.97. The fraction of sp³-hybridized carbons (Fsp3) is 0.167. The molecule has 0 bridgehead atoms. The Hall–Kier alpha value is -2.48. The quantitative estimate of drug-likeness (QED) is 0.852. The number of carboxylic acid groups (broad SMARTS) is 1. The van der Waals surface area contributed by atoms with Crippen LogP contribution in [0.5, 0.6) is 5.75 Å². The molecule has 1 N–H and O–H groups in total. The predicted molar refractivity (Wildman–Crippen MR) is 61.8 cm³/mol. The topological polar surface area (TPSA) is 77.8 Å². The van der Waals surface area contributed by atoms with E-state index in [0.717, 1.165) is 0 Å². The van der Waals surface area contributed by atoms with Gasteiger partial charge in [-0.25, -0.2) is 4.79 Å². The molecule has 3 rings (SSSR count). The van der Waals surface area contributed by atoms with Crippen molar-refractivity contribution in [3.63, 3.8) is 0 Å². The molecule has 0 amide bonds. The lowest BCUT2D eigenvalue weighted by molar-refractivity contribution is -0.194. The summed E-state index contributed by atoms with van der Waals surface area (Å²) in [5.41, 5.74) is -1.13. The number of alkyl halides is 2. The first-order valence-corrected chi connectivity index (χ1v) is 5.51. The summed E-state index contributed by atoms with van der Waals surface area (Å²) in [6.45, 7) is -2.90. The van der Waals surface area contributed by atoms with Gasteiger partial charge in [-0.3, -0.25) is 9.36 Å². The number of fused-ring (bicyclic) bond motifs is 2. The number of aromatic carboxylic acids is 1. The highest BCUT2D eigenvalue weighted by molar-refractivity contribution is 5.93. The highest BCUT2D eigenvalue weighted by atomic mass is 19.3.